The van der Waals surface area contributed by atoms with E-state index in [0.717, 1.165) is 0 Å². The van der Waals surface area contributed by atoms with Crippen LogP contribution < -0.4 is 15.6 Å². The number of amides is 1. The van der Waals surface area contributed by atoms with Crippen molar-refractivity contribution >= 4 is 5.91 Å². The van der Waals surface area contributed by atoms with E-state index in [9.17, 15) is 9.59 Å². The van der Waals surface area contributed by atoms with Gasteiger partial charge in [0.05, 0.1) is 18.9 Å². The average Bonchev–Trinajstić information content (AvgIpc) is 2.87. The molecule has 1 N–H and O–H groups in total. The van der Waals surface area contributed by atoms with Gasteiger partial charge in [0.25, 0.3) is 11.5 Å². The molecule has 166 valence electrons. The van der Waals surface area contributed by atoms with Crippen molar-refractivity contribution in [2.45, 2.75) is 12.3 Å². The summed E-state index contributed by atoms with van der Waals surface area (Å²) in [5, 5.41) is 7.24. The average molecular weight is 440 g/mol. The number of hydrogen-bond donors (Lipinski definition) is 1. The van der Waals surface area contributed by atoms with Crippen LogP contribution in [0, 0.1) is 0 Å². The van der Waals surface area contributed by atoms with Gasteiger partial charge in [-0.25, -0.2) is 0 Å². The molecule has 0 atom stereocenters. The summed E-state index contributed by atoms with van der Waals surface area (Å²) in [5.41, 5.74) is 2.64. The Hall–Kier alpha value is -4.19. The van der Waals surface area contributed by atoms with E-state index in [2.05, 4.69) is 34.7 Å². The van der Waals surface area contributed by atoms with E-state index in [1.807, 2.05) is 42.5 Å². The molecule has 0 aliphatic carbocycles. The first-order valence-corrected chi connectivity index (χ1v) is 10.8. The molecule has 1 amide bonds. The van der Waals surface area contributed by atoms with Crippen molar-refractivity contribution in [3.05, 3.63) is 124 Å². The van der Waals surface area contributed by atoms with Crippen molar-refractivity contribution in [2.24, 2.45) is 0 Å². The minimum atomic E-state index is -0.392. The molecule has 4 aromatic rings. The van der Waals surface area contributed by atoms with E-state index >= 15 is 0 Å². The number of methoxy groups -OCH3 is 1. The van der Waals surface area contributed by atoms with Crippen LogP contribution in [0.5, 0.6) is 5.75 Å². The fraction of sp³-hybridized carbons (Fsp3) is 0.148. The number of hydrogen-bond acceptors (Lipinski definition) is 4. The molecule has 4 rings (SSSR count). The van der Waals surface area contributed by atoms with Crippen LogP contribution in [0.4, 0.5) is 0 Å². The van der Waals surface area contributed by atoms with E-state index in [-0.39, 0.29) is 22.9 Å². The second-order valence-corrected chi connectivity index (χ2v) is 7.57. The van der Waals surface area contributed by atoms with Gasteiger partial charge < -0.3 is 10.1 Å². The molecule has 1 aromatic heterocycles. The van der Waals surface area contributed by atoms with Crippen molar-refractivity contribution in [2.75, 3.05) is 13.7 Å². The molecule has 0 aliphatic heterocycles. The fourth-order valence-electron chi connectivity index (χ4n) is 3.82. The van der Waals surface area contributed by atoms with Gasteiger partial charge >= 0.3 is 0 Å². The lowest BCUT2D eigenvalue weighted by molar-refractivity contribution is 0.0942. The lowest BCUT2D eigenvalue weighted by atomic mass is 9.88. The number of benzene rings is 3. The molecule has 0 aliphatic rings. The summed E-state index contributed by atoms with van der Waals surface area (Å²) in [5.74, 6) is -0.107. The largest absolute Gasteiger partial charge is 0.494 e. The van der Waals surface area contributed by atoms with Crippen LogP contribution in [0.1, 0.15) is 34.0 Å². The van der Waals surface area contributed by atoms with Gasteiger partial charge in [0.2, 0.25) is 0 Å². The topological polar surface area (TPSA) is 73.2 Å². The molecular weight excluding hydrogens is 414 g/mol. The summed E-state index contributed by atoms with van der Waals surface area (Å²) in [7, 11) is 1.42. The van der Waals surface area contributed by atoms with Gasteiger partial charge in [-0.1, -0.05) is 78.9 Å². The number of carbonyl (C=O) groups excluding carboxylic acids is 1. The summed E-state index contributed by atoms with van der Waals surface area (Å²) in [6.07, 6.45) is 0.709. The lowest BCUT2D eigenvalue weighted by Crippen LogP contribution is -2.31. The Morgan fingerprint density at radius 3 is 2.00 bits per heavy atom. The molecule has 0 saturated heterocycles. The predicted octanol–water partition coefficient (Wildman–Crippen LogP) is 4.19. The zero-order valence-corrected chi connectivity index (χ0v) is 18.3. The number of nitrogens with zero attached hydrogens (tertiary/aromatic N) is 2. The number of para-hydroxylation sites is 1. The van der Waals surface area contributed by atoms with Crippen molar-refractivity contribution in [1.82, 2.24) is 15.1 Å². The van der Waals surface area contributed by atoms with Gasteiger partial charge in [-0.15, -0.1) is 0 Å². The highest BCUT2D eigenvalue weighted by atomic mass is 16.5. The number of aromatic nitrogens is 2. The Labute approximate surface area is 192 Å². The molecule has 6 nitrogen and oxygen atoms in total. The van der Waals surface area contributed by atoms with Crippen LogP contribution in [0.3, 0.4) is 0 Å². The molecule has 0 unspecified atom stereocenters. The molecule has 0 fully saturated rings. The highest BCUT2D eigenvalue weighted by Crippen LogP contribution is 2.27. The Bertz CT molecular complexity index is 1220. The lowest BCUT2D eigenvalue weighted by Gasteiger charge is -2.18. The Morgan fingerprint density at radius 2 is 1.45 bits per heavy atom. The van der Waals surface area contributed by atoms with Gasteiger partial charge in [-0.05, 0) is 29.7 Å². The van der Waals surface area contributed by atoms with Gasteiger partial charge in [-0.2, -0.15) is 9.78 Å². The highest BCUT2D eigenvalue weighted by molar-refractivity contribution is 5.94. The Morgan fingerprint density at radius 1 is 0.909 bits per heavy atom. The van der Waals surface area contributed by atoms with E-state index < -0.39 is 5.91 Å². The third-order valence-corrected chi connectivity index (χ3v) is 5.45. The third kappa shape index (κ3) is 5.18. The number of rotatable bonds is 8. The van der Waals surface area contributed by atoms with Gasteiger partial charge in [0, 0.05) is 12.5 Å². The smallest absolute Gasteiger partial charge is 0.275 e. The monoisotopic (exact) mass is 439 g/mol. The molecule has 33 heavy (non-hydrogen) atoms. The molecule has 1 heterocycles. The first-order chi connectivity index (χ1) is 16.2. The van der Waals surface area contributed by atoms with Crippen LogP contribution in [0.2, 0.25) is 0 Å². The molecule has 3 aromatic carbocycles. The maximum Gasteiger partial charge on any atom is 0.275 e. The maximum absolute atomic E-state index is 13.0. The van der Waals surface area contributed by atoms with Crippen LogP contribution in [-0.2, 0) is 0 Å². The van der Waals surface area contributed by atoms with E-state index in [4.69, 9.17) is 4.74 Å². The number of nitrogens with one attached hydrogen (secondary N) is 1. The van der Waals surface area contributed by atoms with Gasteiger partial charge in [0.1, 0.15) is 0 Å². The van der Waals surface area contributed by atoms with Crippen LogP contribution in [0.25, 0.3) is 5.69 Å². The van der Waals surface area contributed by atoms with E-state index in [0.29, 0.717) is 18.7 Å². The highest BCUT2D eigenvalue weighted by Gasteiger charge is 2.19. The van der Waals surface area contributed by atoms with Crippen molar-refractivity contribution in [3.63, 3.8) is 0 Å². The quantitative estimate of drug-likeness (QED) is 0.447. The summed E-state index contributed by atoms with van der Waals surface area (Å²) in [6, 6.07) is 30.7. The normalized spacial score (nSPS) is 10.7. The molecule has 0 bridgehead atoms. The minimum Gasteiger partial charge on any atom is -0.494 e. The Kier molecular flexibility index (Phi) is 6.95. The fourth-order valence-corrected chi connectivity index (χ4v) is 3.82. The van der Waals surface area contributed by atoms with Gasteiger partial charge in [-0.3, -0.25) is 9.59 Å². The summed E-state index contributed by atoms with van der Waals surface area (Å²) in [4.78, 5) is 25.5. The Balaban J connectivity index is 1.54. The number of ether oxygens (including phenoxy) is 1. The molecular formula is C27H25N3O3. The first kappa shape index (κ1) is 22.0. The SMILES string of the molecule is COc1cc(=O)n(-c2ccccc2)nc1C(=O)NCCC(c1ccccc1)c1ccccc1. The van der Waals surface area contributed by atoms with E-state index in [1.165, 1.54) is 29.0 Å². The summed E-state index contributed by atoms with van der Waals surface area (Å²) >= 11 is 0. The van der Waals surface area contributed by atoms with Crippen LogP contribution in [-0.4, -0.2) is 29.3 Å². The van der Waals surface area contributed by atoms with Crippen LogP contribution >= 0.6 is 0 Å². The zero-order valence-electron chi connectivity index (χ0n) is 18.3. The van der Waals surface area contributed by atoms with E-state index in [1.54, 1.807) is 24.3 Å². The maximum atomic E-state index is 13.0. The second kappa shape index (κ2) is 10.4. The third-order valence-electron chi connectivity index (χ3n) is 5.45. The molecule has 0 radical (unpaired) electrons. The molecule has 0 spiro atoms. The first-order valence-electron chi connectivity index (χ1n) is 10.8. The zero-order chi connectivity index (χ0) is 23.0. The van der Waals surface area contributed by atoms with Crippen molar-refractivity contribution in [3.8, 4) is 11.4 Å². The standard InChI is InChI=1S/C27H25N3O3/c1-33-24-19-25(31)30(22-15-9-4-10-16-22)29-26(24)27(32)28-18-17-23(20-11-5-2-6-12-20)21-13-7-3-8-14-21/h2-16,19,23H,17-18H2,1H3,(H,28,32). The second-order valence-electron chi connectivity index (χ2n) is 7.57. The molecule has 0 saturated carbocycles. The van der Waals surface area contributed by atoms with Crippen molar-refractivity contribution < 1.29 is 9.53 Å². The summed E-state index contributed by atoms with van der Waals surface area (Å²) < 4.78 is 6.47. The molecule has 6 heteroatoms. The number of carbonyl (C=O) groups is 1. The predicted molar refractivity (Wildman–Crippen MR) is 128 cm³/mol. The van der Waals surface area contributed by atoms with Crippen LogP contribution in [0.15, 0.2) is 102 Å². The summed E-state index contributed by atoms with van der Waals surface area (Å²) in [6.45, 7) is 0.433. The van der Waals surface area contributed by atoms with Gasteiger partial charge in [0.15, 0.2) is 11.4 Å². The minimum absolute atomic E-state index is 0.0666. The van der Waals surface area contributed by atoms with Crippen molar-refractivity contribution in [1.29, 1.82) is 0 Å².